The maximum atomic E-state index is 13.2. The summed E-state index contributed by atoms with van der Waals surface area (Å²) in [6.45, 7) is 7.10. The molecule has 0 saturated heterocycles. The zero-order valence-corrected chi connectivity index (χ0v) is 20.1. The Balaban J connectivity index is 1.88. The number of ketones is 1. The van der Waals surface area contributed by atoms with E-state index in [1.807, 2.05) is 6.08 Å². The molecule has 1 heterocycles. The number of carbonyl (C=O) groups is 2. The molecule has 0 aliphatic carbocycles. The van der Waals surface area contributed by atoms with E-state index in [-0.39, 0.29) is 24.2 Å². The van der Waals surface area contributed by atoms with Crippen LogP contribution in [0.15, 0.2) is 53.8 Å². The Morgan fingerprint density at radius 3 is 2.59 bits per heavy atom. The summed E-state index contributed by atoms with van der Waals surface area (Å²) < 4.78 is 39.5. The van der Waals surface area contributed by atoms with Gasteiger partial charge < -0.3 is 10.4 Å². The van der Waals surface area contributed by atoms with Crippen molar-refractivity contribution in [1.29, 1.82) is 0 Å². The monoisotopic (exact) mass is 497 g/mol. The van der Waals surface area contributed by atoms with Crippen molar-refractivity contribution in [2.45, 2.75) is 70.4 Å². The van der Waals surface area contributed by atoms with E-state index in [0.717, 1.165) is 49.9 Å². The van der Waals surface area contributed by atoms with Crippen molar-refractivity contribution < 1.29 is 27.9 Å². The summed E-state index contributed by atoms with van der Waals surface area (Å²) in [5.74, 6) is -2.20. The number of hydrogen-bond acceptors (Lipinski definition) is 3. The molecule has 4 nitrogen and oxygen atoms in total. The van der Waals surface area contributed by atoms with Gasteiger partial charge in [-0.2, -0.15) is 13.2 Å². The van der Waals surface area contributed by atoms with E-state index in [4.69, 9.17) is 11.6 Å². The van der Waals surface area contributed by atoms with E-state index in [0.29, 0.717) is 6.42 Å². The Morgan fingerprint density at radius 2 is 1.94 bits per heavy atom. The predicted molar refractivity (Wildman–Crippen MR) is 128 cm³/mol. The van der Waals surface area contributed by atoms with E-state index >= 15 is 0 Å². The molecular formula is C26H31ClF3NO3. The Labute approximate surface area is 203 Å². The zero-order chi connectivity index (χ0) is 25.3. The van der Waals surface area contributed by atoms with E-state index in [2.05, 4.69) is 24.9 Å². The quantitative estimate of drug-likeness (QED) is 0.236. The van der Waals surface area contributed by atoms with Crippen molar-refractivity contribution in [2.75, 3.05) is 6.54 Å². The molecule has 2 rings (SSSR count). The second kappa shape index (κ2) is 12.8. The maximum Gasteiger partial charge on any atom is 0.417 e. The van der Waals surface area contributed by atoms with Crippen LogP contribution in [0.1, 0.15) is 75.3 Å². The van der Waals surface area contributed by atoms with Crippen molar-refractivity contribution in [1.82, 2.24) is 5.32 Å². The molecule has 186 valence electrons. The lowest BCUT2D eigenvalue weighted by molar-refractivity contribution is -0.138. The van der Waals surface area contributed by atoms with Crippen LogP contribution >= 0.6 is 11.6 Å². The Bertz CT molecular complexity index is 967. The van der Waals surface area contributed by atoms with Gasteiger partial charge in [0.25, 0.3) is 0 Å². The topological polar surface area (TPSA) is 66.4 Å². The SMILES string of the molecule is C=C(/C=C\C1=C(C)NCCC1)CCCCC(=O)CC(CC(=O)O)c1ccc(Cl)c(C(F)(F)F)c1. The first kappa shape index (κ1) is 27.7. The van der Waals surface area contributed by atoms with Gasteiger partial charge in [0.2, 0.25) is 0 Å². The number of aliphatic carboxylic acids is 1. The molecule has 0 radical (unpaired) electrons. The van der Waals surface area contributed by atoms with Gasteiger partial charge in [-0.15, -0.1) is 0 Å². The molecule has 0 fully saturated rings. The normalized spacial score (nSPS) is 15.3. The molecule has 1 aromatic carbocycles. The number of halogens is 4. The molecule has 0 aromatic heterocycles. The highest BCUT2D eigenvalue weighted by atomic mass is 35.5. The van der Waals surface area contributed by atoms with Gasteiger partial charge in [0.05, 0.1) is 17.0 Å². The first-order valence-corrected chi connectivity index (χ1v) is 11.7. The predicted octanol–water partition coefficient (Wildman–Crippen LogP) is 7.21. The smallest absolute Gasteiger partial charge is 0.417 e. The van der Waals surface area contributed by atoms with Gasteiger partial charge in [0.1, 0.15) is 5.78 Å². The first-order chi connectivity index (χ1) is 16.0. The van der Waals surface area contributed by atoms with Gasteiger partial charge in [0, 0.05) is 31.0 Å². The summed E-state index contributed by atoms with van der Waals surface area (Å²) in [5.41, 5.74) is 2.52. The van der Waals surface area contributed by atoms with Crippen molar-refractivity contribution in [3.63, 3.8) is 0 Å². The number of benzene rings is 1. The van der Waals surface area contributed by atoms with Gasteiger partial charge >= 0.3 is 12.1 Å². The summed E-state index contributed by atoms with van der Waals surface area (Å²) in [5, 5.41) is 12.1. The molecule has 1 aliphatic rings. The molecule has 34 heavy (non-hydrogen) atoms. The molecule has 0 saturated carbocycles. The third-order valence-corrected chi connectivity index (χ3v) is 6.21. The molecule has 1 aliphatic heterocycles. The maximum absolute atomic E-state index is 13.2. The van der Waals surface area contributed by atoms with E-state index in [1.54, 1.807) is 0 Å². The van der Waals surface area contributed by atoms with Crippen LogP contribution in [0.3, 0.4) is 0 Å². The van der Waals surface area contributed by atoms with Crippen LogP contribution in [0, 0.1) is 0 Å². The summed E-state index contributed by atoms with van der Waals surface area (Å²) in [6, 6.07) is 3.30. The minimum absolute atomic E-state index is 0.132. The number of rotatable bonds is 12. The first-order valence-electron chi connectivity index (χ1n) is 11.4. The second-order valence-electron chi connectivity index (χ2n) is 8.65. The van der Waals surface area contributed by atoms with Crippen LogP contribution in [-0.4, -0.2) is 23.4 Å². The average molecular weight is 498 g/mol. The molecule has 0 bridgehead atoms. The number of carbonyl (C=O) groups excluding carboxylic acids is 1. The van der Waals surface area contributed by atoms with Gasteiger partial charge in [-0.1, -0.05) is 42.0 Å². The van der Waals surface area contributed by atoms with Gasteiger partial charge in [-0.3, -0.25) is 9.59 Å². The molecule has 0 spiro atoms. The lowest BCUT2D eigenvalue weighted by Gasteiger charge is -2.17. The van der Waals surface area contributed by atoms with Crippen LogP contribution in [0.2, 0.25) is 5.02 Å². The lowest BCUT2D eigenvalue weighted by atomic mass is 9.88. The van der Waals surface area contributed by atoms with E-state index < -0.39 is 35.1 Å². The fourth-order valence-electron chi connectivity index (χ4n) is 3.95. The summed E-state index contributed by atoms with van der Waals surface area (Å²) in [7, 11) is 0. The van der Waals surface area contributed by atoms with Crippen LogP contribution in [-0.2, 0) is 15.8 Å². The number of carboxylic acid groups (broad SMARTS) is 1. The van der Waals surface area contributed by atoms with Gasteiger partial charge in [-0.25, -0.2) is 0 Å². The van der Waals surface area contributed by atoms with Crippen molar-refractivity contribution in [3.8, 4) is 0 Å². The third-order valence-electron chi connectivity index (χ3n) is 5.88. The molecule has 8 heteroatoms. The third kappa shape index (κ3) is 9.01. The number of hydrogen-bond donors (Lipinski definition) is 2. The van der Waals surface area contributed by atoms with Crippen molar-refractivity contribution in [3.05, 3.63) is 69.9 Å². The summed E-state index contributed by atoms with van der Waals surface area (Å²) >= 11 is 5.66. The highest BCUT2D eigenvalue weighted by Crippen LogP contribution is 2.37. The Kier molecular flexibility index (Phi) is 10.4. The molecule has 1 aromatic rings. The number of allylic oxidation sites excluding steroid dienone is 5. The van der Waals surface area contributed by atoms with Crippen LogP contribution in [0.5, 0.6) is 0 Å². The lowest BCUT2D eigenvalue weighted by Crippen LogP contribution is -2.19. The van der Waals surface area contributed by atoms with Crippen molar-refractivity contribution >= 4 is 23.4 Å². The minimum Gasteiger partial charge on any atom is -0.481 e. The number of Topliss-reactive ketones (excluding diaryl/α,β-unsaturated/α-hetero) is 1. The van der Waals surface area contributed by atoms with E-state index in [1.165, 1.54) is 17.3 Å². The minimum atomic E-state index is -4.66. The second-order valence-corrected chi connectivity index (χ2v) is 9.06. The molecule has 1 atom stereocenters. The summed E-state index contributed by atoms with van der Waals surface area (Å²) in [4.78, 5) is 23.7. The van der Waals surface area contributed by atoms with Gasteiger partial charge in [0.15, 0.2) is 0 Å². The fourth-order valence-corrected chi connectivity index (χ4v) is 4.17. The molecular weight excluding hydrogens is 467 g/mol. The molecule has 0 amide bonds. The Hall–Kier alpha value is -2.54. The van der Waals surface area contributed by atoms with Crippen LogP contribution in [0.25, 0.3) is 0 Å². The fraction of sp³-hybridized carbons (Fsp3) is 0.462. The average Bonchev–Trinajstić information content (AvgIpc) is 2.75. The number of carboxylic acids is 1. The Morgan fingerprint density at radius 1 is 1.24 bits per heavy atom. The van der Waals surface area contributed by atoms with Crippen molar-refractivity contribution in [2.24, 2.45) is 0 Å². The molecule has 2 N–H and O–H groups in total. The number of nitrogens with one attached hydrogen (secondary N) is 1. The highest BCUT2D eigenvalue weighted by Gasteiger charge is 2.34. The number of alkyl halides is 3. The largest absolute Gasteiger partial charge is 0.481 e. The zero-order valence-electron chi connectivity index (χ0n) is 19.3. The van der Waals surface area contributed by atoms with Gasteiger partial charge in [-0.05, 0) is 62.3 Å². The van der Waals surface area contributed by atoms with E-state index in [9.17, 15) is 27.9 Å². The number of unbranched alkanes of at least 4 members (excludes halogenated alkanes) is 1. The van der Waals surface area contributed by atoms with Crippen LogP contribution < -0.4 is 5.32 Å². The summed E-state index contributed by atoms with van der Waals surface area (Å²) in [6.07, 6.45) is 3.29. The van der Waals surface area contributed by atoms with Crippen LogP contribution in [0.4, 0.5) is 13.2 Å². The standard InChI is InChI=1S/C26H31ClF3NO3/c1-17(9-10-19-7-5-13-31-18(19)2)6-3-4-8-22(32)14-21(16-25(33)34)20-11-12-24(27)23(15-20)26(28,29)30/h9-12,15,21,31H,1,3-8,13-14,16H2,2H3,(H,33,34)/b10-9-. The highest BCUT2D eigenvalue weighted by molar-refractivity contribution is 6.31. The molecule has 1 unspecified atom stereocenters.